The molecule has 1 heterocycles. The molecule has 4 heteroatoms. The predicted molar refractivity (Wildman–Crippen MR) is 74.9 cm³/mol. The molecule has 18 heavy (non-hydrogen) atoms. The molecular weight excluding hydrogens is 228 g/mol. The molecule has 1 aliphatic heterocycles. The maximum absolute atomic E-state index is 8.94. The van der Waals surface area contributed by atoms with E-state index in [2.05, 4.69) is 23.6 Å². The van der Waals surface area contributed by atoms with E-state index >= 15 is 0 Å². The number of aliphatic hydroxyl groups is 1. The van der Waals surface area contributed by atoms with Gasteiger partial charge in [-0.25, -0.2) is 0 Å². The molecule has 0 aliphatic carbocycles. The van der Waals surface area contributed by atoms with Crippen LogP contribution in [-0.2, 0) is 4.74 Å². The number of aliphatic hydroxyl groups excluding tert-OH is 1. The van der Waals surface area contributed by atoms with Crippen molar-refractivity contribution < 1.29 is 9.84 Å². The number of nitrogens with zero attached hydrogens (tertiary/aromatic N) is 2. The van der Waals surface area contributed by atoms with Crippen LogP contribution in [0.1, 0.15) is 34.1 Å². The first kappa shape index (κ1) is 15.9. The Kier molecular flexibility index (Phi) is 6.57. The monoisotopic (exact) mass is 258 g/mol. The minimum atomic E-state index is -0.200. The minimum Gasteiger partial charge on any atom is -0.396 e. The second-order valence-corrected chi connectivity index (χ2v) is 6.05. The molecule has 1 saturated heterocycles. The Morgan fingerprint density at radius 3 is 2.28 bits per heavy atom. The van der Waals surface area contributed by atoms with E-state index in [0.717, 1.165) is 39.3 Å². The van der Waals surface area contributed by atoms with E-state index in [9.17, 15) is 0 Å². The van der Waals surface area contributed by atoms with Gasteiger partial charge in [-0.15, -0.1) is 0 Å². The van der Waals surface area contributed by atoms with Gasteiger partial charge in [-0.1, -0.05) is 0 Å². The largest absolute Gasteiger partial charge is 0.396 e. The highest BCUT2D eigenvalue weighted by atomic mass is 16.5. The SMILES string of the molecule is CC(C)N1CCN(CCOC(C)(C)CCO)CC1. The molecule has 108 valence electrons. The second-order valence-electron chi connectivity index (χ2n) is 6.05. The summed E-state index contributed by atoms with van der Waals surface area (Å²) in [4.78, 5) is 4.99. The third kappa shape index (κ3) is 5.65. The third-order valence-corrected chi connectivity index (χ3v) is 3.75. The summed E-state index contributed by atoms with van der Waals surface area (Å²) in [6.45, 7) is 15.2. The first-order valence-electron chi connectivity index (χ1n) is 7.16. The van der Waals surface area contributed by atoms with E-state index in [1.165, 1.54) is 0 Å². The van der Waals surface area contributed by atoms with Gasteiger partial charge in [0.25, 0.3) is 0 Å². The topological polar surface area (TPSA) is 35.9 Å². The van der Waals surface area contributed by atoms with Crippen molar-refractivity contribution in [3.05, 3.63) is 0 Å². The summed E-state index contributed by atoms with van der Waals surface area (Å²) in [5.74, 6) is 0. The zero-order valence-electron chi connectivity index (χ0n) is 12.5. The average molecular weight is 258 g/mol. The minimum absolute atomic E-state index is 0.195. The zero-order chi connectivity index (χ0) is 13.6. The fraction of sp³-hybridized carbons (Fsp3) is 1.00. The molecule has 1 N–H and O–H groups in total. The van der Waals surface area contributed by atoms with Gasteiger partial charge in [0.05, 0.1) is 12.2 Å². The molecule has 0 spiro atoms. The number of rotatable bonds is 7. The van der Waals surface area contributed by atoms with Crippen LogP contribution in [0.5, 0.6) is 0 Å². The number of hydrogen-bond donors (Lipinski definition) is 1. The zero-order valence-corrected chi connectivity index (χ0v) is 12.5. The lowest BCUT2D eigenvalue weighted by Gasteiger charge is -2.37. The summed E-state index contributed by atoms with van der Waals surface area (Å²) in [5.41, 5.74) is -0.200. The van der Waals surface area contributed by atoms with Crippen molar-refractivity contribution in [3.63, 3.8) is 0 Å². The molecule has 0 atom stereocenters. The van der Waals surface area contributed by atoms with Crippen molar-refractivity contribution in [3.8, 4) is 0 Å². The molecule has 0 aromatic carbocycles. The fourth-order valence-corrected chi connectivity index (χ4v) is 2.30. The van der Waals surface area contributed by atoms with Crippen LogP contribution in [0.4, 0.5) is 0 Å². The summed E-state index contributed by atoms with van der Waals surface area (Å²) in [6.07, 6.45) is 0.703. The molecule has 1 aliphatic rings. The summed E-state index contributed by atoms with van der Waals surface area (Å²) in [5, 5.41) is 8.94. The van der Waals surface area contributed by atoms with Gasteiger partial charge in [-0.2, -0.15) is 0 Å². The summed E-state index contributed by atoms with van der Waals surface area (Å²) >= 11 is 0. The van der Waals surface area contributed by atoms with Crippen molar-refractivity contribution in [1.29, 1.82) is 0 Å². The molecule has 0 bridgehead atoms. The van der Waals surface area contributed by atoms with Gasteiger partial charge < -0.3 is 9.84 Å². The first-order chi connectivity index (χ1) is 8.44. The summed E-state index contributed by atoms with van der Waals surface area (Å²) in [7, 11) is 0. The molecule has 0 aromatic rings. The van der Waals surface area contributed by atoms with Gasteiger partial charge >= 0.3 is 0 Å². The first-order valence-corrected chi connectivity index (χ1v) is 7.16. The van der Waals surface area contributed by atoms with Crippen molar-refractivity contribution in [1.82, 2.24) is 9.80 Å². The molecule has 0 radical (unpaired) electrons. The highest BCUT2D eigenvalue weighted by molar-refractivity contribution is 4.74. The van der Waals surface area contributed by atoms with E-state index in [1.807, 2.05) is 13.8 Å². The van der Waals surface area contributed by atoms with Crippen LogP contribution in [0, 0.1) is 0 Å². The number of ether oxygens (including phenoxy) is 1. The molecule has 0 unspecified atom stereocenters. The predicted octanol–water partition coefficient (Wildman–Crippen LogP) is 1.19. The molecule has 1 rings (SSSR count). The van der Waals surface area contributed by atoms with Crippen molar-refractivity contribution >= 4 is 0 Å². The Bertz CT molecular complexity index is 224. The molecule has 4 nitrogen and oxygen atoms in total. The Morgan fingerprint density at radius 2 is 1.78 bits per heavy atom. The van der Waals surface area contributed by atoms with E-state index in [-0.39, 0.29) is 12.2 Å². The van der Waals surface area contributed by atoms with Crippen LogP contribution in [-0.4, -0.2) is 72.5 Å². The molecule has 0 amide bonds. The lowest BCUT2D eigenvalue weighted by Crippen LogP contribution is -2.49. The lowest BCUT2D eigenvalue weighted by atomic mass is 10.1. The van der Waals surface area contributed by atoms with E-state index in [0.29, 0.717) is 12.5 Å². The Labute approximate surface area is 112 Å². The van der Waals surface area contributed by atoms with Crippen molar-refractivity contribution in [2.45, 2.75) is 45.8 Å². The highest BCUT2D eigenvalue weighted by Crippen LogP contribution is 2.13. The van der Waals surface area contributed by atoms with Crippen LogP contribution >= 0.6 is 0 Å². The van der Waals surface area contributed by atoms with Crippen LogP contribution in [0.15, 0.2) is 0 Å². The normalized spacial score (nSPS) is 19.7. The molecule has 0 aromatic heterocycles. The Hall–Kier alpha value is -0.160. The quantitative estimate of drug-likeness (QED) is 0.744. The molecule has 1 fully saturated rings. The maximum Gasteiger partial charge on any atom is 0.0649 e. The van der Waals surface area contributed by atoms with Gasteiger partial charge in [0.1, 0.15) is 0 Å². The number of piperazine rings is 1. The standard InChI is InChI=1S/C14H30N2O2/c1-13(2)16-8-6-15(7-9-16)10-12-18-14(3,4)5-11-17/h13,17H,5-12H2,1-4H3. The smallest absolute Gasteiger partial charge is 0.0649 e. The van der Waals surface area contributed by atoms with Crippen molar-refractivity contribution in [2.75, 3.05) is 45.9 Å². The van der Waals surface area contributed by atoms with E-state index < -0.39 is 0 Å². The van der Waals surface area contributed by atoms with E-state index in [4.69, 9.17) is 9.84 Å². The fourth-order valence-electron chi connectivity index (χ4n) is 2.30. The van der Waals surface area contributed by atoms with Gasteiger partial charge in [-0.05, 0) is 34.1 Å². The Morgan fingerprint density at radius 1 is 1.17 bits per heavy atom. The van der Waals surface area contributed by atoms with Gasteiger partial charge in [0.2, 0.25) is 0 Å². The second kappa shape index (κ2) is 7.43. The van der Waals surface area contributed by atoms with Gasteiger partial charge in [-0.3, -0.25) is 9.80 Å². The maximum atomic E-state index is 8.94. The molecular formula is C14H30N2O2. The highest BCUT2D eigenvalue weighted by Gasteiger charge is 2.20. The summed E-state index contributed by atoms with van der Waals surface area (Å²) in [6, 6.07) is 0.659. The van der Waals surface area contributed by atoms with Crippen LogP contribution in [0.3, 0.4) is 0 Å². The molecule has 0 saturated carbocycles. The van der Waals surface area contributed by atoms with Crippen LogP contribution in [0.2, 0.25) is 0 Å². The van der Waals surface area contributed by atoms with Crippen LogP contribution < -0.4 is 0 Å². The average Bonchev–Trinajstić information content (AvgIpc) is 2.29. The lowest BCUT2D eigenvalue weighted by molar-refractivity contribution is -0.0437. The van der Waals surface area contributed by atoms with Crippen molar-refractivity contribution in [2.24, 2.45) is 0 Å². The van der Waals surface area contributed by atoms with Gasteiger partial charge in [0.15, 0.2) is 0 Å². The third-order valence-electron chi connectivity index (χ3n) is 3.75. The van der Waals surface area contributed by atoms with Gasteiger partial charge in [0, 0.05) is 45.4 Å². The summed E-state index contributed by atoms with van der Waals surface area (Å²) < 4.78 is 5.83. The Balaban J connectivity index is 2.14. The van der Waals surface area contributed by atoms with Crippen LogP contribution in [0.25, 0.3) is 0 Å². The van der Waals surface area contributed by atoms with E-state index in [1.54, 1.807) is 0 Å². The number of hydrogen-bond acceptors (Lipinski definition) is 4.